The highest BCUT2D eigenvalue weighted by atomic mass is 16.7. The minimum atomic E-state index is -0.432. The van der Waals surface area contributed by atoms with Crippen LogP contribution >= 0.6 is 0 Å². The average molecular weight is 368 g/mol. The van der Waals surface area contributed by atoms with Crippen molar-refractivity contribution in [2.45, 2.75) is 45.8 Å². The van der Waals surface area contributed by atoms with Crippen LogP contribution in [0.2, 0.25) is 0 Å². The van der Waals surface area contributed by atoms with Crippen LogP contribution in [0.25, 0.3) is 0 Å². The van der Waals surface area contributed by atoms with E-state index in [-0.39, 0.29) is 5.91 Å². The molecule has 1 saturated heterocycles. The van der Waals surface area contributed by atoms with E-state index in [0.29, 0.717) is 11.3 Å². The lowest BCUT2D eigenvalue weighted by Gasteiger charge is -2.32. The van der Waals surface area contributed by atoms with E-state index in [0.717, 1.165) is 16.7 Å². The molecular weight excluding hydrogens is 343 g/mol. The maximum absolute atomic E-state index is 12.6. The van der Waals surface area contributed by atoms with Crippen LogP contribution in [0.3, 0.4) is 0 Å². The first-order chi connectivity index (χ1) is 12.6. The lowest BCUT2D eigenvalue weighted by Crippen LogP contribution is -2.41. The first kappa shape index (κ1) is 19.4. The van der Waals surface area contributed by atoms with Crippen molar-refractivity contribution >= 4 is 24.2 Å². The average Bonchev–Trinajstić information content (AvgIpc) is 2.84. The van der Waals surface area contributed by atoms with Crippen LogP contribution in [0.4, 0.5) is 5.69 Å². The van der Waals surface area contributed by atoms with Gasteiger partial charge in [0.25, 0.3) is 5.91 Å². The monoisotopic (exact) mass is 368 g/mol. The molecule has 1 fully saturated rings. The quantitative estimate of drug-likeness (QED) is 0.841. The number of hydrogen-bond acceptors (Lipinski definition) is 5. The number of carbonyl (C=O) groups excluding carboxylic acids is 1. The molecule has 1 amide bonds. The topological polar surface area (TPSA) is 69.7 Å². The molecule has 0 bridgehead atoms. The number of anilines is 1. The fourth-order valence-corrected chi connectivity index (χ4v) is 2.87. The molecular formula is C20H25BN2O4. The van der Waals surface area contributed by atoms with E-state index in [2.05, 4.69) is 10.3 Å². The molecule has 1 aromatic heterocycles. The Morgan fingerprint density at radius 2 is 1.81 bits per heavy atom. The predicted molar refractivity (Wildman–Crippen MR) is 106 cm³/mol. The van der Waals surface area contributed by atoms with Gasteiger partial charge in [0.05, 0.1) is 30.1 Å². The lowest BCUT2D eigenvalue weighted by molar-refractivity contribution is 0.00578. The zero-order valence-corrected chi connectivity index (χ0v) is 16.6. The highest BCUT2D eigenvalue weighted by Gasteiger charge is 2.51. The van der Waals surface area contributed by atoms with Crippen LogP contribution in [-0.4, -0.2) is 36.3 Å². The summed E-state index contributed by atoms with van der Waals surface area (Å²) in [6, 6.07) is 7.37. The summed E-state index contributed by atoms with van der Waals surface area (Å²) in [6.07, 6.45) is 3.08. The molecule has 2 aromatic rings. The molecule has 1 aromatic carbocycles. The summed E-state index contributed by atoms with van der Waals surface area (Å²) in [5.41, 5.74) is 2.21. The van der Waals surface area contributed by atoms with Gasteiger partial charge >= 0.3 is 7.12 Å². The fourth-order valence-electron chi connectivity index (χ4n) is 2.87. The largest absolute Gasteiger partial charge is 0.494 e. The van der Waals surface area contributed by atoms with E-state index in [9.17, 15) is 4.79 Å². The van der Waals surface area contributed by atoms with Crippen molar-refractivity contribution in [1.29, 1.82) is 0 Å². The Morgan fingerprint density at radius 1 is 1.15 bits per heavy atom. The summed E-state index contributed by atoms with van der Waals surface area (Å²) in [7, 11) is 1.08. The number of rotatable bonds is 4. The Labute approximate surface area is 160 Å². The smallest absolute Gasteiger partial charge is 0.494 e. The first-order valence-electron chi connectivity index (χ1n) is 8.90. The molecule has 142 valence electrons. The normalized spacial score (nSPS) is 17.6. The highest BCUT2D eigenvalue weighted by molar-refractivity contribution is 6.62. The minimum absolute atomic E-state index is 0.249. The molecule has 0 aliphatic carbocycles. The highest BCUT2D eigenvalue weighted by Crippen LogP contribution is 2.36. The number of amides is 1. The van der Waals surface area contributed by atoms with Gasteiger partial charge in [-0.1, -0.05) is 12.1 Å². The number of nitrogens with zero attached hydrogens (tertiary/aromatic N) is 1. The van der Waals surface area contributed by atoms with E-state index in [4.69, 9.17) is 14.0 Å². The third kappa shape index (κ3) is 3.70. The van der Waals surface area contributed by atoms with Crippen LogP contribution in [0.1, 0.15) is 43.6 Å². The summed E-state index contributed by atoms with van der Waals surface area (Å²) in [5.74, 6) is 0.183. The maximum Gasteiger partial charge on any atom is 0.494 e. The molecule has 1 N–H and O–H groups in total. The summed E-state index contributed by atoms with van der Waals surface area (Å²) in [6.45, 7) is 10.0. The number of methoxy groups -OCH3 is 1. The number of hydrogen-bond donors (Lipinski definition) is 1. The van der Waals surface area contributed by atoms with Gasteiger partial charge in [0.2, 0.25) is 0 Å². The number of benzene rings is 1. The van der Waals surface area contributed by atoms with Crippen molar-refractivity contribution in [3.8, 4) is 5.75 Å². The van der Waals surface area contributed by atoms with Crippen molar-refractivity contribution in [2.75, 3.05) is 12.4 Å². The van der Waals surface area contributed by atoms with Crippen LogP contribution in [0.15, 0.2) is 36.7 Å². The second-order valence-electron chi connectivity index (χ2n) is 7.69. The van der Waals surface area contributed by atoms with Crippen molar-refractivity contribution in [1.82, 2.24) is 4.98 Å². The van der Waals surface area contributed by atoms with Crippen LogP contribution in [0, 0.1) is 6.92 Å². The molecule has 0 unspecified atom stereocenters. The van der Waals surface area contributed by atoms with Crippen molar-refractivity contribution < 1.29 is 18.8 Å². The van der Waals surface area contributed by atoms with E-state index in [1.54, 1.807) is 12.3 Å². The zero-order valence-electron chi connectivity index (χ0n) is 16.6. The minimum Gasteiger partial charge on any atom is -0.494 e. The van der Waals surface area contributed by atoms with Crippen LogP contribution in [-0.2, 0) is 9.31 Å². The maximum atomic E-state index is 12.6. The Balaban J connectivity index is 1.79. The van der Waals surface area contributed by atoms with E-state index >= 15 is 0 Å². The van der Waals surface area contributed by atoms with Gasteiger partial charge in [-0.25, -0.2) is 0 Å². The fraction of sp³-hybridized carbons (Fsp3) is 0.400. The number of aryl methyl sites for hydroxylation is 1. The van der Waals surface area contributed by atoms with Gasteiger partial charge in [-0.2, -0.15) is 0 Å². The Kier molecular flexibility index (Phi) is 5.01. The summed E-state index contributed by atoms with van der Waals surface area (Å²) in [4.78, 5) is 16.6. The zero-order chi connectivity index (χ0) is 19.8. The predicted octanol–water partition coefficient (Wildman–Crippen LogP) is 2.95. The molecule has 7 heteroatoms. The van der Waals surface area contributed by atoms with Crippen molar-refractivity contribution in [3.63, 3.8) is 0 Å². The number of nitrogens with one attached hydrogen (secondary N) is 1. The van der Waals surface area contributed by atoms with Gasteiger partial charge < -0.3 is 19.4 Å². The molecule has 3 rings (SSSR count). The summed E-state index contributed by atoms with van der Waals surface area (Å²) < 4.78 is 17.4. The number of ether oxygens (including phenoxy) is 1. The molecule has 2 heterocycles. The van der Waals surface area contributed by atoms with E-state index in [1.807, 2.05) is 52.8 Å². The van der Waals surface area contributed by atoms with E-state index < -0.39 is 18.3 Å². The molecule has 27 heavy (non-hydrogen) atoms. The summed E-state index contributed by atoms with van der Waals surface area (Å²) in [5, 5.41) is 2.92. The molecule has 6 nitrogen and oxygen atoms in total. The Bertz CT molecular complexity index is 851. The molecule has 0 spiro atoms. The molecule has 0 radical (unpaired) electrons. The molecule has 1 aliphatic heterocycles. The number of pyridine rings is 1. The lowest BCUT2D eigenvalue weighted by atomic mass is 9.78. The first-order valence-corrected chi connectivity index (χ1v) is 8.90. The van der Waals surface area contributed by atoms with Crippen LogP contribution in [0.5, 0.6) is 5.75 Å². The van der Waals surface area contributed by atoms with Gasteiger partial charge in [-0.05, 0) is 57.8 Å². The number of aromatic nitrogens is 1. The standard InChI is InChI=1S/C20H25BN2O4/c1-13-11-14(21-26-19(2,3)20(4,5)27-21)7-8-16(13)23-18(24)15-9-10-22-12-17(15)25-6/h7-12H,1-6H3,(H,23,24). The third-order valence-electron chi connectivity index (χ3n) is 5.27. The number of carbonyl (C=O) groups is 1. The van der Waals surface area contributed by atoms with Gasteiger partial charge in [0.15, 0.2) is 0 Å². The molecule has 0 saturated carbocycles. The second-order valence-corrected chi connectivity index (χ2v) is 7.69. The SMILES string of the molecule is COc1cnccc1C(=O)Nc1ccc(B2OC(C)(C)C(C)(C)O2)cc1C. The van der Waals surface area contributed by atoms with Crippen molar-refractivity contribution in [3.05, 3.63) is 47.8 Å². The van der Waals surface area contributed by atoms with Gasteiger partial charge in [0.1, 0.15) is 5.75 Å². The Hall–Kier alpha value is -2.38. The van der Waals surface area contributed by atoms with Gasteiger partial charge in [-0.15, -0.1) is 0 Å². The van der Waals surface area contributed by atoms with Gasteiger partial charge in [-0.3, -0.25) is 9.78 Å². The second kappa shape index (κ2) is 6.98. The summed E-state index contributed by atoms with van der Waals surface area (Å²) >= 11 is 0. The van der Waals surface area contributed by atoms with Gasteiger partial charge in [0, 0.05) is 11.9 Å². The third-order valence-corrected chi connectivity index (χ3v) is 5.27. The molecule has 1 aliphatic rings. The van der Waals surface area contributed by atoms with E-state index in [1.165, 1.54) is 13.3 Å². The Morgan fingerprint density at radius 3 is 2.41 bits per heavy atom. The van der Waals surface area contributed by atoms with Crippen LogP contribution < -0.4 is 15.5 Å². The van der Waals surface area contributed by atoms with Crippen molar-refractivity contribution in [2.24, 2.45) is 0 Å². The molecule has 0 atom stereocenters.